The molecular formula is C36H50CaO14S2. The Hall–Kier alpha value is -2.60. The second-order valence-electron chi connectivity index (χ2n) is 13.6. The van der Waals surface area contributed by atoms with Gasteiger partial charge in [0.1, 0.15) is 20.2 Å². The van der Waals surface area contributed by atoms with Crippen molar-refractivity contribution >= 4 is 81.9 Å². The molecule has 14 nitrogen and oxygen atoms in total. The minimum absolute atomic E-state index is 0. The van der Waals surface area contributed by atoms with E-state index in [2.05, 4.69) is 0 Å². The van der Waals surface area contributed by atoms with Gasteiger partial charge in [0.05, 0.1) is 58.5 Å². The van der Waals surface area contributed by atoms with E-state index in [1.54, 1.807) is 0 Å². The van der Waals surface area contributed by atoms with E-state index in [0.29, 0.717) is 49.4 Å². The summed E-state index contributed by atoms with van der Waals surface area (Å²) in [6.07, 6.45) is 2.51. The maximum atomic E-state index is 12.1. The molecule has 0 fully saturated rings. The summed E-state index contributed by atoms with van der Waals surface area (Å²) in [5.74, 6) is -2.07. The molecule has 53 heavy (non-hydrogen) atoms. The number of rotatable bonds is 18. The van der Waals surface area contributed by atoms with Gasteiger partial charge in [0, 0.05) is 0 Å². The van der Waals surface area contributed by atoms with E-state index in [4.69, 9.17) is 18.9 Å². The van der Waals surface area contributed by atoms with Crippen LogP contribution in [-0.2, 0) is 39.2 Å². The molecule has 0 unspecified atom stereocenters. The maximum Gasteiger partial charge on any atom is 2.00 e. The molecule has 0 amide bonds. The van der Waals surface area contributed by atoms with Crippen molar-refractivity contribution in [2.45, 2.75) is 90.9 Å². The van der Waals surface area contributed by atoms with Crippen molar-refractivity contribution in [3.8, 4) is 0 Å². The molecule has 0 heterocycles. The van der Waals surface area contributed by atoms with Crippen LogP contribution in [0.2, 0.25) is 0 Å². The molecule has 0 aliphatic rings. The Kier molecular flexibility index (Phi) is 22.8. The zero-order valence-corrected chi connectivity index (χ0v) is 35.5. The second kappa shape index (κ2) is 24.0. The van der Waals surface area contributed by atoms with Gasteiger partial charge in [0.2, 0.25) is 0 Å². The summed E-state index contributed by atoms with van der Waals surface area (Å²) in [6.45, 7) is 16.2. The van der Waals surface area contributed by atoms with E-state index >= 15 is 0 Å². The first-order chi connectivity index (χ1) is 24.0. The summed E-state index contributed by atoms with van der Waals surface area (Å²) in [5, 5.41) is 0. The fourth-order valence-electron chi connectivity index (χ4n) is 3.92. The number of carbonyl (C=O) groups is 4. The van der Waals surface area contributed by atoms with Crippen molar-refractivity contribution in [2.24, 2.45) is 23.7 Å². The van der Waals surface area contributed by atoms with Crippen LogP contribution in [0.4, 0.5) is 0 Å². The molecular weight excluding hydrogens is 761 g/mol. The van der Waals surface area contributed by atoms with Crippen molar-refractivity contribution in [3.63, 3.8) is 0 Å². The van der Waals surface area contributed by atoms with Gasteiger partial charge in [-0.25, -0.2) is 36.0 Å². The van der Waals surface area contributed by atoms with Gasteiger partial charge in [-0.05, 0) is 85.8 Å². The summed E-state index contributed by atoms with van der Waals surface area (Å²) in [6, 6.07) is 6.40. The van der Waals surface area contributed by atoms with Crippen LogP contribution in [0.1, 0.15) is 123 Å². The van der Waals surface area contributed by atoms with Gasteiger partial charge in [-0.15, -0.1) is 0 Å². The van der Waals surface area contributed by atoms with E-state index in [9.17, 15) is 45.1 Å². The smallest absolute Gasteiger partial charge is 0.744 e. The SMILES string of the molecule is CC(C)CCOC(=O)c1ccc(C(=O)OCCC(C)C)c(S(=O)(=O)[O-])c1.CC(C)CCOC(=O)c1ccc(C(=O)OCCC(C)C)c(S(=O)(=O)[O-])c1.[Ca+2]. The third-order valence-corrected chi connectivity index (χ3v) is 8.88. The third-order valence-electron chi connectivity index (χ3n) is 7.13. The van der Waals surface area contributed by atoms with Crippen LogP contribution in [-0.4, -0.2) is 114 Å². The van der Waals surface area contributed by atoms with Crippen LogP contribution in [0.15, 0.2) is 46.2 Å². The van der Waals surface area contributed by atoms with Crippen molar-refractivity contribution in [1.82, 2.24) is 0 Å². The summed E-state index contributed by atoms with van der Waals surface area (Å²) >= 11 is 0. The normalized spacial score (nSPS) is 11.4. The van der Waals surface area contributed by atoms with Gasteiger partial charge in [0.25, 0.3) is 0 Å². The topological polar surface area (TPSA) is 220 Å². The fraction of sp³-hybridized carbons (Fsp3) is 0.556. The minimum atomic E-state index is -4.97. The molecule has 0 saturated carbocycles. The van der Waals surface area contributed by atoms with Crippen molar-refractivity contribution in [2.75, 3.05) is 26.4 Å². The summed E-state index contributed by atoms with van der Waals surface area (Å²) in [4.78, 5) is 46.6. The molecule has 0 aliphatic carbocycles. The fourth-order valence-corrected chi connectivity index (χ4v) is 5.31. The molecule has 0 atom stereocenters. The number of ether oxygens (including phenoxy) is 4. The monoisotopic (exact) mass is 810 g/mol. The molecule has 2 rings (SSSR count). The van der Waals surface area contributed by atoms with Gasteiger partial charge in [-0.1, -0.05) is 55.4 Å². The van der Waals surface area contributed by atoms with Crippen LogP contribution in [0.25, 0.3) is 0 Å². The van der Waals surface area contributed by atoms with Gasteiger partial charge in [-0.3, -0.25) is 0 Å². The number of benzene rings is 2. The van der Waals surface area contributed by atoms with E-state index < -0.39 is 53.9 Å². The number of hydrogen-bond donors (Lipinski definition) is 0. The Balaban J connectivity index is 0.00000100. The van der Waals surface area contributed by atoms with Crippen LogP contribution < -0.4 is 0 Å². The van der Waals surface area contributed by atoms with Gasteiger partial charge in [-0.2, -0.15) is 0 Å². The first kappa shape index (κ1) is 50.4. The molecule has 0 N–H and O–H groups in total. The van der Waals surface area contributed by atoms with Gasteiger partial charge in [0.15, 0.2) is 0 Å². The molecule has 0 radical (unpaired) electrons. The van der Waals surface area contributed by atoms with Crippen molar-refractivity contribution < 1.29 is 64.1 Å². The Morgan fingerprint density at radius 2 is 0.736 bits per heavy atom. The molecule has 0 aliphatic heterocycles. The Bertz CT molecular complexity index is 1610. The number of esters is 4. The van der Waals surface area contributed by atoms with Crippen LogP contribution >= 0.6 is 0 Å². The Morgan fingerprint density at radius 3 is 0.962 bits per heavy atom. The van der Waals surface area contributed by atoms with E-state index in [0.717, 1.165) is 24.3 Å². The largest absolute Gasteiger partial charge is 2.00 e. The molecule has 0 aromatic heterocycles. The minimum Gasteiger partial charge on any atom is -0.744 e. The third kappa shape index (κ3) is 19.5. The molecule has 2 aromatic rings. The van der Waals surface area contributed by atoms with Crippen molar-refractivity contribution in [1.29, 1.82) is 0 Å². The maximum absolute atomic E-state index is 12.1. The molecule has 0 bridgehead atoms. The van der Waals surface area contributed by atoms with Crippen LogP contribution in [0.3, 0.4) is 0 Å². The zero-order valence-electron chi connectivity index (χ0n) is 31.7. The zero-order chi connectivity index (χ0) is 39.8. The molecule has 17 heteroatoms. The molecule has 0 spiro atoms. The average molecular weight is 811 g/mol. The Morgan fingerprint density at radius 1 is 0.491 bits per heavy atom. The first-order valence-corrected chi connectivity index (χ1v) is 19.7. The van der Waals surface area contributed by atoms with Crippen LogP contribution in [0, 0.1) is 23.7 Å². The summed E-state index contributed by atoms with van der Waals surface area (Å²) < 4.78 is 89.1. The second-order valence-corrected chi connectivity index (χ2v) is 16.3. The van der Waals surface area contributed by atoms with Crippen molar-refractivity contribution in [3.05, 3.63) is 58.7 Å². The molecule has 2 aromatic carbocycles. The molecule has 0 saturated heterocycles. The Labute approximate surface area is 343 Å². The van der Waals surface area contributed by atoms with Gasteiger partial charge < -0.3 is 28.1 Å². The van der Waals surface area contributed by atoms with Gasteiger partial charge >= 0.3 is 61.6 Å². The predicted molar refractivity (Wildman–Crippen MR) is 194 cm³/mol. The standard InChI is InChI=1S/2C18H26O7S.Ca/c2*1-12(2)7-9-24-17(19)14-5-6-15(16(11-14)26(21,22)23)18(20)25-10-8-13(3)4;/h2*5-6,11-13H,7-10H2,1-4H3,(H,21,22,23);/q;;+2/p-2. The van der Waals surface area contributed by atoms with E-state index in [-0.39, 0.29) is 86.4 Å². The first-order valence-electron chi connectivity index (χ1n) is 16.9. The predicted octanol–water partition coefficient (Wildman–Crippen LogP) is 5.61. The molecule has 292 valence electrons. The summed E-state index contributed by atoms with van der Waals surface area (Å²) in [5.41, 5.74) is -0.992. The van der Waals surface area contributed by atoms with E-state index in [1.807, 2.05) is 55.4 Å². The summed E-state index contributed by atoms with van der Waals surface area (Å²) in [7, 11) is -9.94. The number of hydrogen-bond acceptors (Lipinski definition) is 14. The number of carbonyl (C=O) groups excluding carboxylic acids is 4. The quantitative estimate of drug-likeness (QED) is 0.0773. The van der Waals surface area contributed by atoms with Crippen LogP contribution in [0.5, 0.6) is 0 Å². The average Bonchev–Trinajstić information content (AvgIpc) is 3.02. The van der Waals surface area contributed by atoms with E-state index in [1.165, 1.54) is 12.1 Å².